The molecule has 22 aromatic rings. The first kappa shape index (κ1) is 74.9. The summed E-state index contributed by atoms with van der Waals surface area (Å²) in [5.41, 5.74) is 37.7. The van der Waals surface area contributed by atoms with E-state index in [4.69, 9.17) is 0 Å². The Kier molecular flexibility index (Phi) is 19.5. The smallest absolute Gasteiger partial charge is 0.0713 e. The van der Waals surface area contributed by atoms with Crippen LogP contribution < -0.4 is 9.80 Å². The van der Waals surface area contributed by atoms with Gasteiger partial charge < -0.3 is 18.9 Å². The van der Waals surface area contributed by atoms with Crippen molar-refractivity contribution in [3.63, 3.8) is 0 Å². The number of benzene rings is 20. The Hall–Kier alpha value is -16.4. The molecule has 0 N–H and O–H groups in total. The fourth-order valence-electron chi connectivity index (χ4n) is 19.1. The fraction of sp³-hybridized carbons (Fsp3) is 0.00826. The molecule has 20 aromatic carbocycles. The maximum atomic E-state index is 2.39. The summed E-state index contributed by atoms with van der Waals surface area (Å²) in [6, 6.07) is 185. The molecule has 0 fully saturated rings. The van der Waals surface area contributed by atoms with E-state index in [9.17, 15) is 0 Å². The molecule has 0 unspecified atom stereocenters. The molecule has 0 atom stereocenters. The van der Waals surface area contributed by atoms with Crippen molar-refractivity contribution >= 4 is 77.7 Å². The lowest BCUT2D eigenvalue weighted by Gasteiger charge is -2.34. The van der Waals surface area contributed by atoms with Gasteiger partial charge in [0, 0.05) is 67.0 Å². The fourth-order valence-corrected chi connectivity index (χ4v) is 19.1. The molecule has 125 heavy (non-hydrogen) atoms. The van der Waals surface area contributed by atoms with E-state index in [0.29, 0.717) is 0 Å². The van der Waals surface area contributed by atoms with Gasteiger partial charge >= 0.3 is 0 Å². The molecule has 0 spiro atoms. The van der Waals surface area contributed by atoms with Gasteiger partial charge in [0.1, 0.15) is 0 Å². The SMILES string of the molecule is c1ccc(-c2ccc(N(c3ccc(-c4ccc5c(c4)c4cc(-c6ccccc6)ccc4n5-c4ccccc4)cc3)c3ccc(C4(c5ccccc5)c5ccccc5-c5ccccc54)cc3)cc2)cc1.c1ccc(-c2ccc(N(c3ccc(-c4ccccc4)cc3)c3ccc(-c4ccc5c(c4)c4cc(-c6ccccc6)ccc4n5-c4ccccc4)cc3)cc2)cc1. The zero-order valence-corrected chi connectivity index (χ0v) is 68.8. The van der Waals surface area contributed by atoms with Crippen molar-refractivity contribution in [2.75, 3.05) is 9.80 Å². The van der Waals surface area contributed by atoms with Crippen molar-refractivity contribution in [2.24, 2.45) is 0 Å². The van der Waals surface area contributed by atoms with Gasteiger partial charge in [-0.1, -0.05) is 364 Å². The van der Waals surface area contributed by atoms with Gasteiger partial charge in [-0.3, -0.25) is 0 Å². The zero-order chi connectivity index (χ0) is 83.0. The number of anilines is 6. The number of hydrogen-bond donors (Lipinski definition) is 0. The van der Waals surface area contributed by atoms with Crippen LogP contribution in [0.15, 0.2) is 510 Å². The lowest BCUT2D eigenvalue weighted by Crippen LogP contribution is -2.28. The molecular formula is C121H84N4. The number of nitrogens with zero attached hydrogens (tertiary/aromatic N) is 4. The Labute approximate surface area is 729 Å². The lowest BCUT2D eigenvalue weighted by molar-refractivity contribution is 0.768. The number of rotatable bonds is 17. The van der Waals surface area contributed by atoms with Crippen molar-refractivity contribution in [2.45, 2.75) is 5.41 Å². The van der Waals surface area contributed by atoms with Crippen molar-refractivity contribution in [3.8, 4) is 100 Å². The molecule has 1 aliphatic rings. The molecule has 0 radical (unpaired) electrons. The highest BCUT2D eigenvalue weighted by Crippen LogP contribution is 2.57. The van der Waals surface area contributed by atoms with Crippen molar-refractivity contribution in [1.82, 2.24) is 9.13 Å². The van der Waals surface area contributed by atoms with Crippen LogP contribution in [0.2, 0.25) is 0 Å². The summed E-state index contributed by atoms with van der Waals surface area (Å²) in [5.74, 6) is 0. The molecule has 0 bridgehead atoms. The molecule has 0 saturated heterocycles. The average Bonchev–Trinajstić information content (AvgIpc) is 1.54. The van der Waals surface area contributed by atoms with Gasteiger partial charge in [0.05, 0.1) is 27.5 Å². The summed E-state index contributed by atoms with van der Waals surface area (Å²) in [4.78, 5) is 4.73. The molecule has 0 saturated carbocycles. The van der Waals surface area contributed by atoms with E-state index >= 15 is 0 Å². The van der Waals surface area contributed by atoms with E-state index < -0.39 is 5.41 Å². The standard InChI is InChI=1S/C67H46N2.C54H38N2/c1-5-17-47(18-6-1)49-29-37-56(38-30-49)68(58-41-35-54(36-42-58)67(53-21-9-3-10-22-53)63-27-15-13-25-59(63)60-26-14-16-28-64(60)67)57-39-31-50(32-40-57)52-34-44-66-62(46-52)61-45-51(48-19-7-2-8-20-48)33-43-65(61)69(66)55-23-11-4-12-24-55;1-5-13-39(14-6-1)42-21-29-48(30-22-42)55(49-31-23-43(24-32-49)40-15-7-2-8-16-40)50-33-25-44(26-34-50)46-28-36-54-52(38-46)51-37-45(41-17-9-3-10-18-41)27-35-53(51)56(54)47-19-11-4-12-20-47/h1-46H;1-38H. The maximum Gasteiger partial charge on any atom is 0.0713 e. The highest BCUT2D eigenvalue weighted by atomic mass is 15.1. The van der Waals surface area contributed by atoms with E-state index in [1.807, 2.05) is 0 Å². The minimum Gasteiger partial charge on any atom is -0.311 e. The third-order valence-electron chi connectivity index (χ3n) is 25.1. The summed E-state index contributed by atoms with van der Waals surface area (Å²) in [6.07, 6.45) is 0. The Morgan fingerprint density at radius 2 is 0.344 bits per heavy atom. The molecule has 1 aliphatic carbocycles. The third kappa shape index (κ3) is 13.9. The predicted molar refractivity (Wildman–Crippen MR) is 526 cm³/mol. The first-order valence-electron chi connectivity index (χ1n) is 43.0. The number of hydrogen-bond acceptors (Lipinski definition) is 2. The molecule has 0 aliphatic heterocycles. The van der Waals surface area contributed by atoms with Crippen molar-refractivity contribution in [1.29, 1.82) is 0 Å². The summed E-state index contributed by atoms with van der Waals surface area (Å²) in [6.45, 7) is 0. The van der Waals surface area contributed by atoms with Crippen LogP contribution in [0.3, 0.4) is 0 Å². The molecule has 2 aromatic heterocycles. The summed E-state index contributed by atoms with van der Waals surface area (Å²) in [5, 5.41) is 4.95. The minimum absolute atomic E-state index is 0.464. The Morgan fingerprint density at radius 1 is 0.152 bits per heavy atom. The number of fused-ring (bicyclic) bond motifs is 9. The van der Waals surface area contributed by atoms with Crippen LogP contribution in [0.1, 0.15) is 22.3 Å². The first-order valence-corrected chi connectivity index (χ1v) is 43.0. The van der Waals surface area contributed by atoms with E-state index in [-0.39, 0.29) is 0 Å². The van der Waals surface area contributed by atoms with Gasteiger partial charge in [-0.2, -0.15) is 0 Å². The highest BCUT2D eigenvalue weighted by molar-refractivity contribution is 6.13. The Bertz CT molecular complexity index is 7460. The lowest BCUT2D eigenvalue weighted by atomic mass is 9.68. The molecule has 588 valence electrons. The van der Waals surface area contributed by atoms with Gasteiger partial charge in [0.2, 0.25) is 0 Å². The van der Waals surface area contributed by atoms with Crippen LogP contribution in [0.5, 0.6) is 0 Å². The second-order valence-corrected chi connectivity index (χ2v) is 32.3. The van der Waals surface area contributed by atoms with Gasteiger partial charge in [0.25, 0.3) is 0 Å². The normalized spacial score (nSPS) is 11.9. The number of aromatic nitrogens is 2. The largest absolute Gasteiger partial charge is 0.311 e. The summed E-state index contributed by atoms with van der Waals surface area (Å²) in [7, 11) is 0. The van der Waals surface area contributed by atoms with Crippen LogP contribution in [0.25, 0.3) is 144 Å². The number of para-hydroxylation sites is 2. The van der Waals surface area contributed by atoms with Crippen LogP contribution in [-0.2, 0) is 5.41 Å². The van der Waals surface area contributed by atoms with Crippen LogP contribution in [0, 0.1) is 0 Å². The Morgan fingerprint density at radius 3 is 0.616 bits per heavy atom. The topological polar surface area (TPSA) is 16.3 Å². The summed E-state index contributed by atoms with van der Waals surface area (Å²) < 4.78 is 4.78. The minimum atomic E-state index is -0.464. The van der Waals surface area contributed by atoms with Gasteiger partial charge in [-0.25, -0.2) is 0 Å². The third-order valence-corrected chi connectivity index (χ3v) is 25.1. The van der Waals surface area contributed by atoms with E-state index in [1.165, 1.54) is 155 Å². The molecule has 4 heteroatoms. The second kappa shape index (κ2) is 32.6. The van der Waals surface area contributed by atoms with Crippen LogP contribution in [0.4, 0.5) is 34.1 Å². The van der Waals surface area contributed by atoms with E-state index in [2.05, 4.69) is 529 Å². The van der Waals surface area contributed by atoms with Crippen molar-refractivity contribution < 1.29 is 0 Å². The van der Waals surface area contributed by atoms with E-state index in [0.717, 1.165) is 45.5 Å². The van der Waals surface area contributed by atoms with Gasteiger partial charge in [-0.15, -0.1) is 0 Å². The first-order chi connectivity index (χ1) is 62.0. The van der Waals surface area contributed by atoms with Crippen LogP contribution in [-0.4, -0.2) is 9.13 Å². The molecule has 23 rings (SSSR count). The molecule has 2 heterocycles. The van der Waals surface area contributed by atoms with Gasteiger partial charge in [-0.05, 0) is 257 Å². The predicted octanol–water partition coefficient (Wildman–Crippen LogP) is 32.5. The monoisotopic (exact) mass is 1590 g/mol. The van der Waals surface area contributed by atoms with E-state index in [1.54, 1.807) is 0 Å². The highest BCUT2D eigenvalue weighted by Gasteiger charge is 2.46. The molecular weight excluding hydrogens is 1510 g/mol. The molecule has 0 amide bonds. The quantitative estimate of drug-likeness (QED) is 0.0903. The van der Waals surface area contributed by atoms with Crippen molar-refractivity contribution in [3.05, 3.63) is 532 Å². The maximum absolute atomic E-state index is 2.39. The Balaban J connectivity index is 0.000000152. The molecule has 4 nitrogen and oxygen atoms in total. The average molecular weight is 1590 g/mol. The van der Waals surface area contributed by atoms with Crippen LogP contribution >= 0.6 is 0 Å². The van der Waals surface area contributed by atoms with Gasteiger partial charge in [0.15, 0.2) is 0 Å². The zero-order valence-electron chi connectivity index (χ0n) is 68.8. The summed E-state index contributed by atoms with van der Waals surface area (Å²) >= 11 is 0. The second-order valence-electron chi connectivity index (χ2n) is 32.3.